The molecular weight excluding hydrogens is 344 g/mol. The number of hydrogen-bond donors (Lipinski definition) is 1. The average Bonchev–Trinajstić information content (AvgIpc) is 2.99. The van der Waals surface area contributed by atoms with Gasteiger partial charge in [0.05, 0.1) is 19.7 Å². The first kappa shape index (κ1) is 19.1. The first-order valence-corrected chi connectivity index (χ1v) is 10.1. The number of methoxy groups -OCH3 is 1. The van der Waals surface area contributed by atoms with E-state index in [4.69, 9.17) is 22.1 Å². The zero-order valence-corrected chi connectivity index (χ0v) is 17.2. The highest BCUT2D eigenvalue weighted by Crippen LogP contribution is 2.24. The standard InChI is InChI=1S/C20H30N4OS/c1-5-17-8-6-7-13-22(17)14-23-20(26)24(15(2)3)19(21-23)16-9-11-18(25-4)12-10-16/h9-12,15,17H,5-8,13-14H2,1-4H3/p+1/t17-/m1/s1. The van der Waals surface area contributed by atoms with Crippen LogP contribution in [0.4, 0.5) is 0 Å². The predicted octanol–water partition coefficient (Wildman–Crippen LogP) is 3.48. The van der Waals surface area contributed by atoms with Gasteiger partial charge in [0.25, 0.3) is 0 Å². The van der Waals surface area contributed by atoms with Crippen LogP contribution in [0.15, 0.2) is 24.3 Å². The van der Waals surface area contributed by atoms with Crippen LogP contribution in [0.2, 0.25) is 0 Å². The average molecular weight is 376 g/mol. The second kappa shape index (κ2) is 8.35. The van der Waals surface area contributed by atoms with E-state index in [0.717, 1.165) is 34.6 Å². The Kier molecular flexibility index (Phi) is 6.14. The maximum Gasteiger partial charge on any atom is 0.203 e. The molecule has 0 radical (unpaired) electrons. The number of likely N-dealkylation sites (tertiary alicyclic amines) is 1. The fourth-order valence-electron chi connectivity index (χ4n) is 3.97. The molecule has 3 rings (SSSR count). The highest BCUT2D eigenvalue weighted by atomic mass is 32.1. The molecule has 0 bridgehead atoms. The molecule has 1 saturated heterocycles. The van der Waals surface area contributed by atoms with Crippen molar-refractivity contribution in [3.8, 4) is 17.1 Å². The Morgan fingerprint density at radius 3 is 2.62 bits per heavy atom. The summed E-state index contributed by atoms with van der Waals surface area (Å²) in [5.74, 6) is 1.79. The summed E-state index contributed by atoms with van der Waals surface area (Å²) in [4.78, 5) is 1.62. The van der Waals surface area contributed by atoms with E-state index in [1.165, 1.54) is 32.2 Å². The van der Waals surface area contributed by atoms with Crippen molar-refractivity contribution >= 4 is 12.2 Å². The van der Waals surface area contributed by atoms with Crippen molar-refractivity contribution in [2.45, 2.75) is 65.2 Å². The van der Waals surface area contributed by atoms with Crippen LogP contribution in [-0.2, 0) is 6.67 Å². The molecule has 26 heavy (non-hydrogen) atoms. The van der Waals surface area contributed by atoms with Gasteiger partial charge in [-0.15, -0.1) is 5.10 Å². The number of rotatable bonds is 6. The number of hydrogen-bond acceptors (Lipinski definition) is 3. The van der Waals surface area contributed by atoms with E-state index >= 15 is 0 Å². The molecule has 142 valence electrons. The summed E-state index contributed by atoms with van der Waals surface area (Å²) in [5.41, 5.74) is 1.07. The van der Waals surface area contributed by atoms with Gasteiger partial charge < -0.3 is 9.64 Å². The number of piperidine rings is 1. The zero-order valence-electron chi connectivity index (χ0n) is 16.4. The number of quaternary nitrogens is 1. The first-order valence-electron chi connectivity index (χ1n) is 9.73. The molecule has 0 aliphatic carbocycles. The van der Waals surface area contributed by atoms with Crippen LogP contribution in [-0.4, -0.2) is 34.0 Å². The third-order valence-corrected chi connectivity index (χ3v) is 5.87. The quantitative estimate of drug-likeness (QED) is 0.786. The van der Waals surface area contributed by atoms with Gasteiger partial charge in [-0.05, 0) is 76.0 Å². The lowest BCUT2D eigenvalue weighted by Crippen LogP contribution is -3.15. The van der Waals surface area contributed by atoms with Crippen molar-refractivity contribution in [2.75, 3.05) is 13.7 Å². The van der Waals surface area contributed by atoms with Gasteiger partial charge in [-0.1, -0.05) is 6.92 Å². The van der Waals surface area contributed by atoms with Crippen molar-refractivity contribution in [1.29, 1.82) is 0 Å². The molecule has 1 fully saturated rings. The summed E-state index contributed by atoms with van der Waals surface area (Å²) in [6, 6.07) is 9.06. The van der Waals surface area contributed by atoms with Crippen LogP contribution in [0.25, 0.3) is 11.4 Å². The number of nitrogens with one attached hydrogen (secondary N) is 1. The lowest BCUT2D eigenvalue weighted by molar-refractivity contribution is -0.953. The van der Waals surface area contributed by atoms with Gasteiger partial charge in [-0.25, -0.2) is 0 Å². The normalized spacial score (nSPS) is 20.5. The maximum absolute atomic E-state index is 5.81. The van der Waals surface area contributed by atoms with E-state index in [9.17, 15) is 0 Å². The van der Waals surface area contributed by atoms with Crippen molar-refractivity contribution < 1.29 is 9.64 Å². The van der Waals surface area contributed by atoms with E-state index in [1.54, 1.807) is 12.0 Å². The van der Waals surface area contributed by atoms with Crippen molar-refractivity contribution in [1.82, 2.24) is 14.3 Å². The molecular formula is C20H31N4OS+. The minimum atomic E-state index is 0.270. The SMILES string of the molecule is CC[C@@H]1CCCC[NH+]1Cn1nc(-c2ccc(OC)cc2)n(C(C)C)c1=S. The predicted molar refractivity (Wildman–Crippen MR) is 107 cm³/mol. The second-order valence-electron chi connectivity index (χ2n) is 7.47. The fraction of sp³-hybridized carbons (Fsp3) is 0.600. The Bertz CT molecular complexity index is 778. The molecule has 1 aromatic heterocycles. The number of nitrogens with zero attached hydrogens (tertiary/aromatic N) is 3. The van der Waals surface area contributed by atoms with Crippen molar-refractivity contribution in [2.24, 2.45) is 0 Å². The van der Waals surface area contributed by atoms with Gasteiger partial charge in [-0.2, -0.15) is 4.68 Å². The fourth-order valence-corrected chi connectivity index (χ4v) is 4.37. The Balaban J connectivity index is 1.95. The smallest absolute Gasteiger partial charge is 0.203 e. The Morgan fingerprint density at radius 2 is 2.00 bits per heavy atom. The number of ether oxygens (including phenoxy) is 1. The van der Waals surface area contributed by atoms with Crippen LogP contribution in [0.1, 0.15) is 52.5 Å². The second-order valence-corrected chi connectivity index (χ2v) is 7.83. The summed E-state index contributed by atoms with van der Waals surface area (Å²) in [7, 11) is 1.69. The van der Waals surface area contributed by atoms with Crippen molar-refractivity contribution in [3.63, 3.8) is 0 Å². The Hall–Kier alpha value is -1.66. The molecule has 1 aliphatic heterocycles. The molecule has 5 nitrogen and oxygen atoms in total. The molecule has 0 amide bonds. The molecule has 1 unspecified atom stereocenters. The summed E-state index contributed by atoms with van der Waals surface area (Å²) in [6.07, 6.45) is 5.19. The maximum atomic E-state index is 5.81. The van der Waals surface area contributed by atoms with E-state index in [-0.39, 0.29) is 6.04 Å². The molecule has 0 spiro atoms. The minimum absolute atomic E-state index is 0.270. The van der Waals surface area contributed by atoms with Crippen LogP contribution >= 0.6 is 12.2 Å². The summed E-state index contributed by atoms with van der Waals surface area (Å²) in [6.45, 7) is 8.70. The van der Waals surface area contributed by atoms with Crippen LogP contribution in [0.3, 0.4) is 0 Å². The summed E-state index contributed by atoms with van der Waals surface area (Å²) in [5, 5.41) is 4.93. The van der Waals surface area contributed by atoms with E-state index in [1.807, 2.05) is 16.8 Å². The molecule has 2 atom stereocenters. The van der Waals surface area contributed by atoms with Gasteiger partial charge in [0, 0.05) is 11.6 Å². The van der Waals surface area contributed by atoms with Gasteiger partial charge in [0.2, 0.25) is 4.77 Å². The van der Waals surface area contributed by atoms with Gasteiger partial charge in [-0.3, -0.25) is 4.57 Å². The zero-order chi connectivity index (χ0) is 18.7. The first-order chi connectivity index (χ1) is 12.5. The highest BCUT2D eigenvalue weighted by molar-refractivity contribution is 7.71. The third kappa shape index (κ3) is 3.86. The largest absolute Gasteiger partial charge is 0.497 e. The van der Waals surface area contributed by atoms with Gasteiger partial charge in [0.15, 0.2) is 12.5 Å². The van der Waals surface area contributed by atoms with E-state index in [2.05, 4.69) is 37.5 Å². The van der Waals surface area contributed by atoms with E-state index < -0.39 is 0 Å². The third-order valence-electron chi connectivity index (χ3n) is 5.46. The topological polar surface area (TPSA) is 36.4 Å². The number of benzene rings is 1. The molecule has 1 N–H and O–H groups in total. The van der Waals surface area contributed by atoms with E-state index in [0.29, 0.717) is 0 Å². The van der Waals surface area contributed by atoms with Crippen molar-refractivity contribution in [3.05, 3.63) is 29.0 Å². The van der Waals surface area contributed by atoms with Gasteiger partial charge >= 0.3 is 0 Å². The molecule has 0 saturated carbocycles. The Morgan fingerprint density at radius 1 is 1.27 bits per heavy atom. The molecule has 2 aromatic rings. The lowest BCUT2D eigenvalue weighted by Gasteiger charge is -2.31. The monoisotopic (exact) mass is 375 g/mol. The molecule has 1 aliphatic rings. The highest BCUT2D eigenvalue weighted by Gasteiger charge is 2.26. The minimum Gasteiger partial charge on any atom is -0.497 e. The van der Waals surface area contributed by atoms with Crippen LogP contribution in [0.5, 0.6) is 5.75 Å². The number of aromatic nitrogens is 3. The lowest BCUT2D eigenvalue weighted by atomic mass is 10.0. The molecule has 1 aromatic carbocycles. The van der Waals surface area contributed by atoms with Gasteiger partial charge in [0.1, 0.15) is 5.75 Å². The Labute approximate surface area is 161 Å². The van der Waals surface area contributed by atoms with Crippen LogP contribution < -0.4 is 9.64 Å². The van der Waals surface area contributed by atoms with Crippen LogP contribution in [0, 0.1) is 4.77 Å². The molecule has 2 heterocycles. The molecule has 6 heteroatoms. The summed E-state index contributed by atoms with van der Waals surface area (Å²) < 4.78 is 10.3. The summed E-state index contributed by atoms with van der Waals surface area (Å²) >= 11 is 5.81.